The second-order valence-electron chi connectivity index (χ2n) is 4.05. The Labute approximate surface area is 92.4 Å². The van der Waals surface area contributed by atoms with Gasteiger partial charge in [-0.25, -0.2) is 0 Å². The predicted octanol–water partition coefficient (Wildman–Crippen LogP) is 3.01. The third-order valence-electron chi connectivity index (χ3n) is 2.60. The van der Waals surface area contributed by atoms with Crippen LogP contribution in [0.5, 0.6) is 0 Å². The summed E-state index contributed by atoms with van der Waals surface area (Å²) in [7, 11) is 0. The van der Waals surface area contributed by atoms with Gasteiger partial charge in [0, 0.05) is 24.5 Å². The molecule has 2 nitrogen and oxygen atoms in total. The molecule has 0 saturated heterocycles. The molecule has 2 unspecified atom stereocenters. The van der Waals surface area contributed by atoms with Crippen molar-refractivity contribution in [3.05, 3.63) is 42.2 Å². The molecule has 0 radical (unpaired) electrons. The largest absolute Gasteiger partial charge is 0.307 e. The Kier molecular flexibility index (Phi) is 4.50. The molecule has 82 valence electrons. The first kappa shape index (κ1) is 11.9. The molecule has 0 amide bonds. The maximum Gasteiger partial charge on any atom is 0.0318 e. The van der Waals surface area contributed by atoms with Crippen molar-refractivity contribution < 1.29 is 0 Å². The third kappa shape index (κ3) is 3.48. The Hall–Kier alpha value is -1.15. The minimum atomic E-state index is 0.341. The SMILES string of the molecule is C=CCC(C)NC(C)c1cnccc1C. The summed E-state index contributed by atoms with van der Waals surface area (Å²) in [6.45, 7) is 10.2. The highest BCUT2D eigenvalue weighted by molar-refractivity contribution is 5.24. The van der Waals surface area contributed by atoms with Crippen LogP contribution in [0.25, 0.3) is 0 Å². The van der Waals surface area contributed by atoms with Crippen molar-refractivity contribution in [1.82, 2.24) is 10.3 Å². The number of aryl methyl sites for hydroxylation is 1. The van der Waals surface area contributed by atoms with E-state index in [1.807, 2.05) is 24.5 Å². The van der Waals surface area contributed by atoms with Crippen LogP contribution in [0.1, 0.15) is 37.4 Å². The van der Waals surface area contributed by atoms with Crippen LogP contribution in [0, 0.1) is 6.92 Å². The highest BCUT2D eigenvalue weighted by Crippen LogP contribution is 2.16. The maximum atomic E-state index is 4.16. The Bertz CT molecular complexity index is 320. The number of pyridine rings is 1. The first-order valence-corrected chi connectivity index (χ1v) is 5.42. The molecule has 0 aliphatic heterocycles. The molecule has 2 heteroatoms. The van der Waals surface area contributed by atoms with Gasteiger partial charge in [0.2, 0.25) is 0 Å². The van der Waals surface area contributed by atoms with Crippen LogP contribution in [0.15, 0.2) is 31.1 Å². The lowest BCUT2D eigenvalue weighted by Crippen LogP contribution is -2.28. The van der Waals surface area contributed by atoms with Crippen LogP contribution < -0.4 is 5.32 Å². The monoisotopic (exact) mass is 204 g/mol. The maximum absolute atomic E-state index is 4.16. The molecule has 1 aromatic rings. The van der Waals surface area contributed by atoms with E-state index in [0.29, 0.717) is 12.1 Å². The average Bonchev–Trinajstić information content (AvgIpc) is 2.18. The van der Waals surface area contributed by atoms with Crippen molar-refractivity contribution in [3.63, 3.8) is 0 Å². The first-order valence-electron chi connectivity index (χ1n) is 5.42. The molecule has 15 heavy (non-hydrogen) atoms. The van der Waals surface area contributed by atoms with Gasteiger partial charge < -0.3 is 5.32 Å². The van der Waals surface area contributed by atoms with Crippen molar-refractivity contribution in [1.29, 1.82) is 0 Å². The lowest BCUT2D eigenvalue weighted by atomic mass is 10.0. The molecule has 0 spiro atoms. The van der Waals surface area contributed by atoms with E-state index in [-0.39, 0.29) is 0 Å². The topological polar surface area (TPSA) is 24.9 Å². The van der Waals surface area contributed by atoms with Gasteiger partial charge in [-0.15, -0.1) is 6.58 Å². The van der Waals surface area contributed by atoms with Crippen LogP contribution >= 0.6 is 0 Å². The summed E-state index contributed by atoms with van der Waals surface area (Å²) in [6, 6.07) is 2.84. The molecular weight excluding hydrogens is 184 g/mol. The fourth-order valence-corrected chi connectivity index (χ4v) is 1.76. The Morgan fingerprint density at radius 1 is 1.53 bits per heavy atom. The van der Waals surface area contributed by atoms with Gasteiger partial charge in [0.25, 0.3) is 0 Å². The van der Waals surface area contributed by atoms with Gasteiger partial charge >= 0.3 is 0 Å². The number of hydrogen-bond acceptors (Lipinski definition) is 2. The first-order chi connectivity index (χ1) is 7.15. The molecule has 0 aliphatic rings. The molecule has 0 bridgehead atoms. The standard InChI is InChI=1S/C13H20N2/c1-5-6-11(3)15-12(4)13-9-14-8-7-10(13)2/h5,7-9,11-12,15H,1,6H2,2-4H3. The summed E-state index contributed by atoms with van der Waals surface area (Å²) in [4.78, 5) is 4.16. The molecule has 1 rings (SSSR count). The summed E-state index contributed by atoms with van der Waals surface area (Å²) in [5.41, 5.74) is 2.56. The summed E-state index contributed by atoms with van der Waals surface area (Å²) in [5.74, 6) is 0. The van der Waals surface area contributed by atoms with E-state index in [1.165, 1.54) is 11.1 Å². The molecule has 0 fully saturated rings. The molecule has 1 aromatic heterocycles. The van der Waals surface area contributed by atoms with Crippen molar-refractivity contribution in [2.75, 3.05) is 0 Å². The fraction of sp³-hybridized carbons (Fsp3) is 0.462. The van der Waals surface area contributed by atoms with Gasteiger partial charge in [-0.3, -0.25) is 4.98 Å². The second kappa shape index (κ2) is 5.66. The van der Waals surface area contributed by atoms with E-state index < -0.39 is 0 Å². The molecule has 1 heterocycles. The quantitative estimate of drug-likeness (QED) is 0.746. The zero-order valence-corrected chi connectivity index (χ0v) is 9.83. The number of aromatic nitrogens is 1. The summed E-state index contributed by atoms with van der Waals surface area (Å²) < 4.78 is 0. The normalized spacial score (nSPS) is 14.6. The van der Waals surface area contributed by atoms with Crippen LogP contribution in [0.2, 0.25) is 0 Å². The second-order valence-corrected chi connectivity index (χ2v) is 4.05. The van der Waals surface area contributed by atoms with Crippen molar-refractivity contribution in [2.24, 2.45) is 0 Å². The fourth-order valence-electron chi connectivity index (χ4n) is 1.76. The Balaban J connectivity index is 2.64. The average molecular weight is 204 g/mol. The highest BCUT2D eigenvalue weighted by atomic mass is 14.9. The van der Waals surface area contributed by atoms with Gasteiger partial charge in [-0.2, -0.15) is 0 Å². The van der Waals surface area contributed by atoms with E-state index in [2.05, 4.69) is 37.7 Å². The van der Waals surface area contributed by atoms with Crippen molar-refractivity contribution in [2.45, 2.75) is 39.3 Å². The molecule has 1 N–H and O–H groups in total. The van der Waals surface area contributed by atoms with Gasteiger partial charge in [0.1, 0.15) is 0 Å². The van der Waals surface area contributed by atoms with Crippen LogP contribution in [-0.4, -0.2) is 11.0 Å². The smallest absolute Gasteiger partial charge is 0.0318 e. The number of nitrogens with zero attached hydrogens (tertiary/aromatic N) is 1. The van der Waals surface area contributed by atoms with Gasteiger partial charge in [0.15, 0.2) is 0 Å². The third-order valence-corrected chi connectivity index (χ3v) is 2.60. The summed E-state index contributed by atoms with van der Waals surface area (Å²) in [5, 5.41) is 3.53. The number of hydrogen-bond donors (Lipinski definition) is 1. The van der Waals surface area contributed by atoms with E-state index >= 15 is 0 Å². The zero-order valence-electron chi connectivity index (χ0n) is 9.83. The molecule has 0 aliphatic carbocycles. The Morgan fingerprint density at radius 2 is 2.27 bits per heavy atom. The van der Waals surface area contributed by atoms with E-state index in [9.17, 15) is 0 Å². The molecule has 0 aromatic carbocycles. The van der Waals surface area contributed by atoms with Crippen LogP contribution in [0.3, 0.4) is 0 Å². The molecular formula is C13H20N2. The molecule has 0 saturated carbocycles. The van der Waals surface area contributed by atoms with E-state index in [1.54, 1.807) is 0 Å². The minimum Gasteiger partial charge on any atom is -0.307 e. The molecule has 2 atom stereocenters. The Morgan fingerprint density at radius 3 is 2.87 bits per heavy atom. The summed E-state index contributed by atoms with van der Waals surface area (Å²) >= 11 is 0. The lowest BCUT2D eigenvalue weighted by molar-refractivity contribution is 0.480. The predicted molar refractivity (Wildman–Crippen MR) is 64.8 cm³/mol. The van der Waals surface area contributed by atoms with Crippen LogP contribution in [0.4, 0.5) is 0 Å². The minimum absolute atomic E-state index is 0.341. The summed E-state index contributed by atoms with van der Waals surface area (Å²) in [6.07, 6.45) is 6.70. The van der Waals surface area contributed by atoms with E-state index in [4.69, 9.17) is 0 Å². The van der Waals surface area contributed by atoms with Crippen LogP contribution in [-0.2, 0) is 0 Å². The number of rotatable bonds is 5. The van der Waals surface area contributed by atoms with Crippen molar-refractivity contribution in [3.8, 4) is 0 Å². The van der Waals surface area contributed by atoms with Gasteiger partial charge in [-0.05, 0) is 44.4 Å². The van der Waals surface area contributed by atoms with Gasteiger partial charge in [-0.1, -0.05) is 6.08 Å². The lowest BCUT2D eigenvalue weighted by Gasteiger charge is -2.20. The zero-order chi connectivity index (χ0) is 11.3. The van der Waals surface area contributed by atoms with E-state index in [0.717, 1.165) is 6.42 Å². The van der Waals surface area contributed by atoms with Crippen molar-refractivity contribution >= 4 is 0 Å². The highest BCUT2D eigenvalue weighted by Gasteiger charge is 2.10. The van der Waals surface area contributed by atoms with Gasteiger partial charge in [0.05, 0.1) is 0 Å². The number of nitrogens with one attached hydrogen (secondary N) is 1.